The molecule has 1 aliphatic rings. The van der Waals surface area contributed by atoms with Crippen molar-refractivity contribution in [3.05, 3.63) is 28.2 Å². The molecule has 0 aliphatic carbocycles. The van der Waals surface area contributed by atoms with Crippen LogP contribution >= 0.6 is 27.5 Å². The summed E-state index contributed by atoms with van der Waals surface area (Å²) in [6.45, 7) is 7.04. The van der Waals surface area contributed by atoms with E-state index in [-0.39, 0.29) is 0 Å². The maximum atomic E-state index is 6.07. The zero-order chi connectivity index (χ0) is 13.2. The van der Waals surface area contributed by atoms with E-state index in [9.17, 15) is 0 Å². The zero-order valence-corrected chi connectivity index (χ0v) is 13.5. The molecule has 0 unspecified atom stereocenters. The highest BCUT2D eigenvalue weighted by molar-refractivity contribution is 9.10. The fourth-order valence-corrected chi connectivity index (χ4v) is 3.26. The summed E-state index contributed by atoms with van der Waals surface area (Å²) in [5.41, 5.74) is 3.02. The lowest BCUT2D eigenvalue weighted by Crippen LogP contribution is -2.25. The van der Waals surface area contributed by atoms with Gasteiger partial charge >= 0.3 is 0 Å². The van der Waals surface area contributed by atoms with Gasteiger partial charge in [-0.05, 0) is 48.4 Å². The van der Waals surface area contributed by atoms with Crippen LogP contribution in [0, 0.1) is 5.41 Å². The second-order valence-corrected chi connectivity index (χ2v) is 7.09. The highest BCUT2D eigenvalue weighted by Crippen LogP contribution is 2.33. The molecule has 1 heterocycles. The molecule has 0 aromatic heterocycles. The molecular formula is C15H21BrClN. The van der Waals surface area contributed by atoms with Gasteiger partial charge in [-0.3, -0.25) is 0 Å². The quantitative estimate of drug-likeness (QED) is 0.673. The maximum Gasteiger partial charge on any atom is 0.0494 e. The van der Waals surface area contributed by atoms with Gasteiger partial charge in [0.05, 0.1) is 0 Å². The van der Waals surface area contributed by atoms with Gasteiger partial charge in [0, 0.05) is 29.1 Å². The van der Waals surface area contributed by atoms with E-state index >= 15 is 0 Å². The first-order chi connectivity index (χ1) is 8.52. The maximum absolute atomic E-state index is 6.07. The summed E-state index contributed by atoms with van der Waals surface area (Å²) in [7, 11) is 0. The third-order valence-corrected chi connectivity index (χ3v) is 4.65. The topological polar surface area (TPSA) is 3.24 Å². The minimum atomic E-state index is 0.477. The lowest BCUT2D eigenvalue weighted by molar-refractivity contribution is 0.325. The van der Waals surface area contributed by atoms with Crippen LogP contribution < -0.4 is 4.90 Å². The molecule has 1 nitrogen and oxygen atoms in total. The van der Waals surface area contributed by atoms with E-state index in [0.29, 0.717) is 11.3 Å². The number of benzene rings is 1. The molecule has 3 heteroatoms. The first-order valence-electron chi connectivity index (χ1n) is 6.61. The number of anilines is 1. The monoisotopic (exact) mass is 329 g/mol. The number of nitrogens with zero attached hydrogens (tertiary/aromatic N) is 1. The van der Waals surface area contributed by atoms with Crippen molar-refractivity contribution in [2.45, 2.75) is 39.0 Å². The molecule has 0 spiro atoms. The van der Waals surface area contributed by atoms with Crippen LogP contribution in [0.1, 0.15) is 38.7 Å². The summed E-state index contributed by atoms with van der Waals surface area (Å²) >= 11 is 9.59. The van der Waals surface area contributed by atoms with E-state index in [2.05, 4.69) is 52.9 Å². The van der Waals surface area contributed by atoms with Gasteiger partial charge in [-0.25, -0.2) is 0 Å². The largest absolute Gasteiger partial charge is 0.371 e. The molecule has 0 N–H and O–H groups in total. The van der Waals surface area contributed by atoms with Gasteiger partial charge in [0.1, 0.15) is 0 Å². The number of rotatable bonds is 2. The van der Waals surface area contributed by atoms with E-state index in [0.717, 1.165) is 17.6 Å². The number of halogens is 2. The smallest absolute Gasteiger partial charge is 0.0494 e. The van der Waals surface area contributed by atoms with Crippen molar-refractivity contribution in [1.29, 1.82) is 0 Å². The second-order valence-electron chi connectivity index (χ2n) is 5.91. The first kappa shape index (κ1) is 14.2. The lowest BCUT2D eigenvalue weighted by Gasteiger charge is -2.26. The molecule has 0 amide bonds. The molecule has 1 saturated heterocycles. The average Bonchev–Trinajstić information content (AvgIpc) is 2.50. The molecule has 1 aliphatic heterocycles. The van der Waals surface area contributed by atoms with Crippen molar-refractivity contribution in [1.82, 2.24) is 0 Å². The minimum absolute atomic E-state index is 0.477. The van der Waals surface area contributed by atoms with Gasteiger partial charge in [0.2, 0.25) is 0 Å². The third-order valence-electron chi connectivity index (χ3n) is 3.87. The SMILES string of the molecule is CC1(C)CCCN(c2ccc(Br)cc2CCl)CC1. The van der Waals surface area contributed by atoms with Crippen molar-refractivity contribution in [3.8, 4) is 0 Å². The van der Waals surface area contributed by atoms with Crippen LogP contribution in [-0.2, 0) is 5.88 Å². The molecule has 0 bridgehead atoms. The molecule has 100 valence electrons. The van der Waals surface area contributed by atoms with Crippen molar-refractivity contribution in [2.24, 2.45) is 5.41 Å². The Morgan fingerprint density at radius 3 is 2.78 bits per heavy atom. The Balaban J connectivity index is 2.21. The van der Waals surface area contributed by atoms with Gasteiger partial charge in [0.25, 0.3) is 0 Å². The molecule has 1 aromatic rings. The fraction of sp³-hybridized carbons (Fsp3) is 0.600. The van der Waals surface area contributed by atoms with Crippen LogP contribution in [0.2, 0.25) is 0 Å². The number of hydrogen-bond donors (Lipinski definition) is 0. The van der Waals surface area contributed by atoms with Crippen molar-refractivity contribution < 1.29 is 0 Å². The fourth-order valence-electron chi connectivity index (χ4n) is 2.63. The molecule has 0 atom stereocenters. The summed E-state index contributed by atoms with van der Waals surface area (Å²) in [5.74, 6) is 0.578. The molecule has 18 heavy (non-hydrogen) atoms. The van der Waals surface area contributed by atoms with Crippen LogP contribution in [-0.4, -0.2) is 13.1 Å². The molecule has 0 saturated carbocycles. The molecule has 0 radical (unpaired) electrons. The highest BCUT2D eigenvalue weighted by atomic mass is 79.9. The average molecular weight is 331 g/mol. The van der Waals surface area contributed by atoms with Crippen LogP contribution in [0.5, 0.6) is 0 Å². The Morgan fingerprint density at radius 1 is 1.28 bits per heavy atom. The Morgan fingerprint density at radius 2 is 2.06 bits per heavy atom. The van der Waals surface area contributed by atoms with E-state index in [1.165, 1.54) is 30.5 Å². The molecular weight excluding hydrogens is 310 g/mol. The Hall–Kier alpha value is -0.210. The van der Waals surface area contributed by atoms with E-state index in [1.807, 2.05) is 0 Å². The van der Waals surface area contributed by atoms with Gasteiger partial charge in [-0.2, -0.15) is 0 Å². The molecule has 1 fully saturated rings. The van der Waals surface area contributed by atoms with Crippen molar-refractivity contribution in [2.75, 3.05) is 18.0 Å². The predicted molar refractivity (Wildman–Crippen MR) is 83.5 cm³/mol. The van der Waals surface area contributed by atoms with Gasteiger partial charge in [0.15, 0.2) is 0 Å². The summed E-state index contributed by atoms with van der Waals surface area (Å²) in [5, 5.41) is 0. The minimum Gasteiger partial charge on any atom is -0.371 e. The normalized spacial score (nSPS) is 19.7. The number of hydrogen-bond acceptors (Lipinski definition) is 1. The lowest BCUT2D eigenvalue weighted by atomic mass is 9.85. The summed E-state index contributed by atoms with van der Waals surface area (Å²) in [4.78, 5) is 2.50. The van der Waals surface area contributed by atoms with Crippen LogP contribution in [0.15, 0.2) is 22.7 Å². The predicted octanol–water partition coefficient (Wildman–Crippen LogP) is 5.20. The first-order valence-corrected chi connectivity index (χ1v) is 7.94. The third kappa shape index (κ3) is 3.42. The summed E-state index contributed by atoms with van der Waals surface area (Å²) in [6, 6.07) is 6.44. The highest BCUT2D eigenvalue weighted by Gasteiger charge is 2.23. The Kier molecular flexibility index (Phi) is 4.60. The van der Waals surface area contributed by atoms with Gasteiger partial charge < -0.3 is 4.90 Å². The Bertz CT molecular complexity index is 417. The van der Waals surface area contributed by atoms with Crippen LogP contribution in [0.25, 0.3) is 0 Å². The zero-order valence-electron chi connectivity index (χ0n) is 11.2. The van der Waals surface area contributed by atoms with E-state index in [4.69, 9.17) is 11.6 Å². The molecule has 1 aromatic carbocycles. The van der Waals surface area contributed by atoms with Gasteiger partial charge in [-0.1, -0.05) is 29.8 Å². The van der Waals surface area contributed by atoms with Gasteiger partial charge in [-0.15, -0.1) is 11.6 Å². The van der Waals surface area contributed by atoms with Crippen LogP contribution in [0.4, 0.5) is 5.69 Å². The standard InChI is InChI=1S/C15H21BrClN/c1-15(2)6-3-8-18(9-7-15)14-5-4-13(16)10-12(14)11-17/h4-5,10H,3,6-9,11H2,1-2H3. The summed E-state index contributed by atoms with van der Waals surface area (Å²) < 4.78 is 1.11. The number of alkyl halides is 1. The van der Waals surface area contributed by atoms with E-state index < -0.39 is 0 Å². The van der Waals surface area contributed by atoms with Crippen LogP contribution in [0.3, 0.4) is 0 Å². The summed E-state index contributed by atoms with van der Waals surface area (Å²) in [6.07, 6.45) is 3.84. The molecule has 2 rings (SSSR count). The van der Waals surface area contributed by atoms with E-state index in [1.54, 1.807) is 0 Å². The van der Waals surface area contributed by atoms with Crippen molar-refractivity contribution in [3.63, 3.8) is 0 Å². The Labute approximate surface area is 124 Å². The second kappa shape index (κ2) is 5.83. The van der Waals surface area contributed by atoms with Crippen molar-refractivity contribution >= 4 is 33.2 Å².